The molecule has 7 nitrogen and oxygen atoms in total. The molecule has 32 heavy (non-hydrogen) atoms. The number of aliphatic imine (C=N–C) groups is 1. The fraction of sp³-hybridized carbons (Fsp3) is 0.250. The van der Waals surface area contributed by atoms with E-state index in [9.17, 15) is 4.79 Å². The predicted octanol–water partition coefficient (Wildman–Crippen LogP) is 4.87. The summed E-state index contributed by atoms with van der Waals surface area (Å²) in [5, 5.41) is 15.6. The van der Waals surface area contributed by atoms with Gasteiger partial charge in [0.2, 0.25) is 5.17 Å². The molecule has 0 saturated carbocycles. The van der Waals surface area contributed by atoms with Crippen LogP contribution in [0.5, 0.6) is 11.5 Å². The quantitative estimate of drug-likeness (QED) is 0.460. The number of para-hydroxylation sites is 1. The van der Waals surface area contributed by atoms with Gasteiger partial charge in [0.25, 0.3) is 5.91 Å². The van der Waals surface area contributed by atoms with E-state index in [1.807, 2.05) is 55.5 Å². The Labute approximate surface area is 191 Å². The molecule has 2 aromatic carbocycles. The Kier molecular flexibility index (Phi) is 6.70. The van der Waals surface area contributed by atoms with E-state index < -0.39 is 5.91 Å². The summed E-state index contributed by atoms with van der Waals surface area (Å²) in [5.74, 6) is 1.18. The highest BCUT2D eigenvalue weighted by Crippen LogP contribution is 2.30. The van der Waals surface area contributed by atoms with Gasteiger partial charge in [-0.3, -0.25) is 10.2 Å². The van der Waals surface area contributed by atoms with Crippen molar-refractivity contribution in [2.24, 2.45) is 10.1 Å². The zero-order valence-corrected chi connectivity index (χ0v) is 18.8. The smallest absolute Gasteiger partial charge is 0.283 e. The molecule has 0 bridgehead atoms. The number of hydrogen-bond donors (Lipinski definition) is 1. The van der Waals surface area contributed by atoms with Gasteiger partial charge >= 0.3 is 0 Å². The van der Waals surface area contributed by atoms with E-state index in [1.54, 1.807) is 6.08 Å². The second kappa shape index (κ2) is 9.82. The normalized spacial score (nSPS) is 16.7. The highest BCUT2D eigenvalue weighted by atomic mass is 32.2. The van der Waals surface area contributed by atoms with Crippen molar-refractivity contribution in [1.29, 1.82) is 5.41 Å². The third-order valence-corrected chi connectivity index (χ3v) is 5.82. The molecule has 0 spiro atoms. The zero-order valence-electron chi connectivity index (χ0n) is 18.0. The number of fused-ring (bicyclic) bond motifs is 1. The highest BCUT2D eigenvalue weighted by Gasteiger charge is 2.35. The largest absolute Gasteiger partial charge is 0.490 e. The van der Waals surface area contributed by atoms with Crippen LogP contribution in [0.2, 0.25) is 0 Å². The zero-order chi connectivity index (χ0) is 22.5. The number of amides is 1. The molecule has 0 atom stereocenters. The van der Waals surface area contributed by atoms with Gasteiger partial charge in [0, 0.05) is 0 Å². The van der Waals surface area contributed by atoms with Crippen molar-refractivity contribution in [3.05, 3.63) is 65.2 Å². The summed E-state index contributed by atoms with van der Waals surface area (Å²) in [7, 11) is 0. The van der Waals surface area contributed by atoms with E-state index in [1.165, 1.54) is 16.8 Å². The van der Waals surface area contributed by atoms with E-state index in [0.717, 1.165) is 34.8 Å². The van der Waals surface area contributed by atoms with Gasteiger partial charge < -0.3 is 9.47 Å². The topological polar surface area (TPSA) is 87.3 Å². The maximum atomic E-state index is 12.5. The number of hydrogen-bond acceptors (Lipinski definition) is 6. The summed E-state index contributed by atoms with van der Waals surface area (Å²) < 4.78 is 11.5. The maximum Gasteiger partial charge on any atom is 0.283 e. The lowest BCUT2D eigenvalue weighted by molar-refractivity contribution is -0.114. The van der Waals surface area contributed by atoms with Gasteiger partial charge in [0.1, 0.15) is 29.8 Å². The summed E-state index contributed by atoms with van der Waals surface area (Å²) in [4.78, 5) is 16.6. The van der Waals surface area contributed by atoms with Crippen molar-refractivity contribution in [2.45, 2.75) is 26.7 Å². The van der Waals surface area contributed by atoms with Crippen LogP contribution in [0.4, 0.5) is 0 Å². The van der Waals surface area contributed by atoms with Gasteiger partial charge in [-0.05, 0) is 66.9 Å². The lowest BCUT2D eigenvalue weighted by atomic mass is 10.1. The number of carbonyl (C=O) groups excluding carboxylic acids is 1. The fourth-order valence-electron chi connectivity index (χ4n) is 3.20. The van der Waals surface area contributed by atoms with Crippen LogP contribution in [0, 0.1) is 12.3 Å². The van der Waals surface area contributed by atoms with Crippen molar-refractivity contribution in [3.63, 3.8) is 0 Å². The Balaban J connectivity index is 1.36. The van der Waals surface area contributed by atoms with Gasteiger partial charge in [0.15, 0.2) is 5.84 Å². The van der Waals surface area contributed by atoms with Crippen molar-refractivity contribution in [1.82, 2.24) is 5.01 Å². The first-order chi connectivity index (χ1) is 15.5. The van der Waals surface area contributed by atoms with Gasteiger partial charge in [-0.25, -0.2) is 0 Å². The first kappa shape index (κ1) is 21.8. The van der Waals surface area contributed by atoms with Gasteiger partial charge in [0.05, 0.1) is 5.57 Å². The summed E-state index contributed by atoms with van der Waals surface area (Å²) in [6, 6.07) is 15.2. The number of thioether (sulfide) groups is 1. The molecule has 1 amide bonds. The summed E-state index contributed by atoms with van der Waals surface area (Å²) in [5.41, 5.74) is 2.09. The number of aryl methyl sites for hydroxylation is 1. The molecular formula is C24H24N4O3S. The molecule has 0 unspecified atom stereocenters. The van der Waals surface area contributed by atoms with Gasteiger partial charge in [-0.1, -0.05) is 37.3 Å². The third kappa shape index (κ3) is 4.91. The monoisotopic (exact) mass is 448 g/mol. The third-order valence-electron chi connectivity index (χ3n) is 4.85. The Morgan fingerprint density at radius 2 is 1.84 bits per heavy atom. The van der Waals surface area contributed by atoms with E-state index >= 15 is 0 Å². The first-order valence-corrected chi connectivity index (χ1v) is 11.3. The van der Waals surface area contributed by atoms with Crippen LogP contribution in [0.25, 0.3) is 6.08 Å². The molecular weight excluding hydrogens is 424 g/mol. The van der Waals surface area contributed by atoms with Crippen molar-refractivity contribution < 1.29 is 14.3 Å². The standard InChI is InChI=1S/C24H24N4O3S/c1-3-6-21-27-28-22(25)19(23(29)26-24(28)32-21)15-17-9-11-18(12-10-17)30-13-14-31-20-8-5-4-7-16(20)2/h4-5,7-12,15,25H,3,6,13-14H2,1-2H3/b19-15-,25-22?. The van der Waals surface area contributed by atoms with E-state index in [2.05, 4.69) is 17.0 Å². The van der Waals surface area contributed by atoms with Crippen LogP contribution >= 0.6 is 11.8 Å². The van der Waals surface area contributed by atoms with Crippen LogP contribution in [-0.4, -0.2) is 40.2 Å². The molecule has 0 fully saturated rings. The maximum absolute atomic E-state index is 12.5. The fourth-order valence-corrected chi connectivity index (χ4v) is 4.19. The van der Waals surface area contributed by atoms with E-state index in [-0.39, 0.29) is 11.4 Å². The molecule has 2 aliphatic rings. The summed E-state index contributed by atoms with van der Waals surface area (Å²) in [6.07, 6.45) is 3.41. The number of benzene rings is 2. The van der Waals surface area contributed by atoms with Crippen LogP contribution in [0.3, 0.4) is 0 Å². The lowest BCUT2D eigenvalue weighted by Gasteiger charge is -2.20. The van der Waals surface area contributed by atoms with Crippen molar-refractivity contribution in [2.75, 3.05) is 13.2 Å². The van der Waals surface area contributed by atoms with Crippen molar-refractivity contribution in [3.8, 4) is 11.5 Å². The van der Waals surface area contributed by atoms with E-state index in [4.69, 9.17) is 14.9 Å². The molecule has 0 aliphatic carbocycles. The predicted molar refractivity (Wildman–Crippen MR) is 129 cm³/mol. The van der Waals surface area contributed by atoms with Crippen LogP contribution in [-0.2, 0) is 4.79 Å². The number of ether oxygens (including phenoxy) is 2. The minimum absolute atomic E-state index is 0.0484. The van der Waals surface area contributed by atoms with Crippen LogP contribution in [0.15, 0.2) is 64.2 Å². The molecule has 2 aromatic rings. The Hall–Kier alpha value is -3.39. The number of amidine groups is 2. The second-order valence-corrected chi connectivity index (χ2v) is 8.34. The molecule has 0 saturated heterocycles. The van der Waals surface area contributed by atoms with E-state index in [0.29, 0.717) is 24.1 Å². The number of carbonyl (C=O) groups is 1. The minimum atomic E-state index is -0.421. The number of rotatable bonds is 8. The highest BCUT2D eigenvalue weighted by molar-refractivity contribution is 8.26. The molecule has 2 aliphatic heterocycles. The van der Waals surface area contributed by atoms with Crippen molar-refractivity contribution >= 4 is 39.8 Å². The molecule has 0 aromatic heterocycles. The SMILES string of the molecule is CCCC1=NN2C(=N)/C(=C/c3ccc(OCCOc4ccccc4C)cc3)C(=O)N=C2S1. The summed E-state index contributed by atoms with van der Waals surface area (Å²) in [6.45, 7) is 4.93. The first-order valence-electron chi connectivity index (χ1n) is 10.5. The van der Waals surface area contributed by atoms with Crippen LogP contribution < -0.4 is 9.47 Å². The number of nitrogens with zero attached hydrogens (tertiary/aromatic N) is 3. The second-order valence-electron chi connectivity index (χ2n) is 7.30. The van der Waals surface area contributed by atoms with Gasteiger partial charge in [-0.15, -0.1) is 0 Å². The average molecular weight is 449 g/mol. The van der Waals surface area contributed by atoms with Gasteiger partial charge in [-0.2, -0.15) is 15.1 Å². The molecule has 2 heterocycles. The molecule has 8 heteroatoms. The van der Waals surface area contributed by atoms with Crippen LogP contribution in [0.1, 0.15) is 30.9 Å². The molecule has 1 N–H and O–H groups in total. The number of hydrazone groups is 1. The average Bonchev–Trinajstić information content (AvgIpc) is 3.19. The molecule has 164 valence electrons. The minimum Gasteiger partial charge on any atom is -0.490 e. The Morgan fingerprint density at radius 3 is 2.59 bits per heavy atom. The lowest BCUT2D eigenvalue weighted by Crippen LogP contribution is -2.35. The Morgan fingerprint density at radius 1 is 1.09 bits per heavy atom. The Bertz CT molecular complexity index is 1120. The summed E-state index contributed by atoms with van der Waals surface area (Å²) >= 11 is 1.36. The molecule has 0 radical (unpaired) electrons. The molecule has 4 rings (SSSR count). The number of nitrogens with one attached hydrogen (secondary N) is 1.